The van der Waals surface area contributed by atoms with Crippen LogP contribution >= 0.6 is 0 Å². The van der Waals surface area contributed by atoms with Crippen LogP contribution in [0.2, 0.25) is 0 Å². The van der Waals surface area contributed by atoms with Crippen molar-refractivity contribution in [1.82, 2.24) is 0 Å². The van der Waals surface area contributed by atoms with Gasteiger partial charge in [-0.25, -0.2) is 4.79 Å². The Balaban J connectivity index is 1.70. The van der Waals surface area contributed by atoms with Crippen LogP contribution in [-0.4, -0.2) is 28.9 Å². The first-order valence-electron chi connectivity index (χ1n) is 9.03. The molecule has 6 atom stereocenters. The Morgan fingerprint density at radius 3 is 2.88 bits per heavy atom. The number of ether oxygens (including phenoxy) is 2. The van der Waals surface area contributed by atoms with Gasteiger partial charge in [-0.1, -0.05) is 19.9 Å². The summed E-state index contributed by atoms with van der Waals surface area (Å²) in [4.78, 5) is 12.3. The molecule has 4 rings (SSSR count). The van der Waals surface area contributed by atoms with E-state index in [1.54, 1.807) is 19.3 Å². The van der Waals surface area contributed by atoms with Gasteiger partial charge in [0.1, 0.15) is 17.5 Å². The molecular weight excluding hydrogens is 320 g/mol. The summed E-state index contributed by atoms with van der Waals surface area (Å²) >= 11 is 0. The third kappa shape index (κ3) is 1.99. The van der Waals surface area contributed by atoms with Crippen LogP contribution in [0.3, 0.4) is 0 Å². The summed E-state index contributed by atoms with van der Waals surface area (Å²) in [5, 5.41) is 11.3. The molecule has 1 aliphatic heterocycles. The van der Waals surface area contributed by atoms with Gasteiger partial charge in [-0.2, -0.15) is 0 Å². The highest BCUT2D eigenvalue weighted by atomic mass is 16.6. The number of carbonyl (C=O) groups is 1. The van der Waals surface area contributed by atoms with Crippen LogP contribution in [-0.2, 0) is 20.7 Å². The fourth-order valence-electron chi connectivity index (χ4n) is 4.99. The van der Waals surface area contributed by atoms with Crippen LogP contribution < -0.4 is 0 Å². The van der Waals surface area contributed by atoms with E-state index >= 15 is 0 Å². The van der Waals surface area contributed by atoms with Crippen LogP contribution in [0.4, 0.5) is 0 Å². The Morgan fingerprint density at radius 2 is 2.20 bits per heavy atom. The largest absolute Gasteiger partial charge is 0.469 e. The van der Waals surface area contributed by atoms with Crippen molar-refractivity contribution in [3.05, 3.63) is 34.8 Å². The van der Waals surface area contributed by atoms with Crippen molar-refractivity contribution in [3.8, 4) is 0 Å². The zero-order valence-electron chi connectivity index (χ0n) is 15.5. The molecule has 0 bridgehead atoms. The standard InChI is InChI=1S/C20H26O5/c1-6-10(2)18(22)24-13-7-15-20(25-15)8-14-16(11(3)9-23-14)17(21)19(20,5)12(13)4/h6,9,12-13,15,17,21H,7-8H2,1-5H3/t12-,13+,15+,17+,19-,20+/m0/s1. The van der Waals surface area contributed by atoms with Gasteiger partial charge in [0.05, 0.1) is 18.5 Å². The molecule has 1 N–H and O–H groups in total. The molecule has 3 aliphatic rings. The molecule has 2 heterocycles. The van der Waals surface area contributed by atoms with E-state index in [1.165, 1.54) is 0 Å². The summed E-state index contributed by atoms with van der Waals surface area (Å²) in [7, 11) is 0. The number of rotatable bonds is 2. The molecule has 0 radical (unpaired) electrons. The summed E-state index contributed by atoms with van der Waals surface area (Å²) in [6.45, 7) is 9.67. The van der Waals surface area contributed by atoms with Gasteiger partial charge >= 0.3 is 5.97 Å². The molecule has 1 saturated heterocycles. The quantitative estimate of drug-likeness (QED) is 0.506. The van der Waals surface area contributed by atoms with Gasteiger partial charge in [-0.3, -0.25) is 0 Å². The van der Waals surface area contributed by atoms with E-state index in [1.807, 2.05) is 13.8 Å². The second-order valence-electron chi connectivity index (χ2n) is 8.05. The highest BCUT2D eigenvalue weighted by Gasteiger charge is 2.77. The first kappa shape index (κ1) is 16.9. The SMILES string of the molecule is CC=C(C)C(=O)O[C@@H]1C[C@H]2O[C@]23Cc2occ(C)c2[C@@H](O)[C@]3(C)[C@H]1C. The molecule has 2 aliphatic carbocycles. The lowest BCUT2D eigenvalue weighted by Crippen LogP contribution is -2.58. The Morgan fingerprint density at radius 1 is 1.48 bits per heavy atom. The van der Waals surface area contributed by atoms with Crippen molar-refractivity contribution in [2.45, 2.75) is 71.4 Å². The lowest BCUT2D eigenvalue weighted by molar-refractivity contribution is -0.163. The normalized spacial score (nSPS) is 42.2. The monoisotopic (exact) mass is 346 g/mol. The minimum absolute atomic E-state index is 0.00869. The number of hydrogen-bond donors (Lipinski definition) is 1. The number of hydrogen-bond acceptors (Lipinski definition) is 5. The van der Waals surface area contributed by atoms with E-state index in [-0.39, 0.29) is 24.1 Å². The molecule has 1 saturated carbocycles. The maximum absolute atomic E-state index is 12.3. The third-order valence-electron chi connectivity index (χ3n) is 7.06. The number of allylic oxidation sites excluding steroid dienone is 1. The van der Waals surface area contributed by atoms with E-state index in [2.05, 4.69) is 13.8 Å². The molecule has 5 nitrogen and oxygen atoms in total. The zero-order valence-corrected chi connectivity index (χ0v) is 15.5. The average molecular weight is 346 g/mol. The van der Waals surface area contributed by atoms with Gasteiger partial charge in [0, 0.05) is 35.3 Å². The van der Waals surface area contributed by atoms with Crippen molar-refractivity contribution < 1.29 is 23.8 Å². The lowest BCUT2D eigenvalue weighted by atomic mass is 9.53. The van der Waals surface area contributed by atoms with E-state index in [4.69, 9.17) is 13.9 Å². The maximum atomic E-state index is 12.3. The van der Waals surface area contributed by atoms with Crippen molar-refractivity contribution in [3.63, 3.8) is 0 Å². The Bertz CT molecular complexity index is 762. The van der Waals surface area contributed by atoms with Crippen LogP contribution in [0.1, 0.15) is 57.1 Å². The van der Waals surface area contributed by atoms with Crippen molar-refractivity contribution in [1.29, 1.82) is 0 Å². The second kappa shape index (κ2) is 5.21. The molecule has 5 heteroatoms. The summed E-state index contributed by atoms with van der Waals surface area (Å²) in [5.74, 6) is 0.510. The number of aliphatic hydroxyl groups is 1. The fraction of sp³-hybridized carbons (Fsp3) is 0.650. The van der Waals surface area contributed by atoms with Gasteiger partial charge in [0.15, 0.2) is 0 Å². The first-order valence-corrected chi connectivity index (χ1v) is 9.03. The molecule has 1 aromatic rings. The predicted octanol–water partition coefficient (Wildman–Crippen LogP) is 3.24. The summed E-state index contributed by atoms with van der Waals surface area (Å²) in [6.07, 6.45) is 3.84. The maximum Gasteiger partial charge on any atom is 0.333 e. The fourth-order valence-corrected chi connectivity index (χ4v) is 4.99. The number of furan rings is 1. The molecule has 1 aromatic heterocycles. The van der Waals surface area contributed by atoms with Gasteiger partial charge in [0.2, 0.25) is 0 Å². The number of epoxide rings is 1. The van der Waals surface area contributed by atoms with Crippen LogP contribution in [0, 0.1) is 18.3 Å². The predicted molar refractivity (Wildman–Crippen MR) is 90.9 cm³/mol. The van der Waals surface area contributed by atoms with Gasteiger partial charge in [-0.15, -0.1) is 0 Å². The van der Waals surface area contributed by atoms with Gasteiger partial charge < -0.3 is 19.0 Å². The van der Waals surface area contributed by atoms with Gasteiger partial charge in [-0.05, 0) is 26.3 Å². The Hall–Kier alpha value is -1.59. The van der Waals surface area contributed by atoms with Crippen molar-refractivity contribution in [2.75, 3.05) is 0 Å². The number of carbonyl (C=O) groups excluding carboxylic acids is 1. The topological polar surface area (TPSA) is 72.2 Å². The summed E-state index contributed by atoms with van der Waals surface area (Å²) in [6, 6.07) is 0. The van der Waals surface area contributed by atoms with Crippen LogP contribution in [0.5, 0.6) is 0 Å². The minimum Gasteiger partial charge on any atom is -0.469 e. The molecule has 2 fully saturated rings. The van der Waals surface area contributed by atoms with E-state index in [0.717, 1.165) is 16.9 Å². The zero-order chi connectivity index (χ0) is 18.1. The summed E-state index contributed by atoms with van der Waals surface area (Å²) in [5.41, 5.74) is 1.51. The molecule has 0 unspecified atom stereocenters. The second-order valence-corrected chi connectivity index (χ2v) is 8.05. The first-order chi connectivity index (χ1) is 11.8. The Labute approximate surface area is 148 Å². The van der Waals surface area contributed by atoms with Crippen LogP contribution in [0.25, 0.3) is 0 Å². The van der Waals surface area contributed by atoms with E-state index in [9.17, 15) is 9.90 Å². The number of fused-ring (bicyclic) bond motifs is 1. The average Bonchev–Trinajstić information content (AvgIpc) is 3.16. The molecule has 0 amide bonds. The number of aliphatic hydroxyl groups excluding tert-OH is 1. The van der Waals surface area contributed by atoms with Crippen molar-refractivity contribution >= 4 is 5.97 Å². The molecular formula is C20H26O5. The smallest absolute Gasteiger partial charge is 0.333 e. The molecule has 1 spiro atoms. The van der Waals surface area contributed by atoms with Crippen molar-refractivity contribution in [2.24, 2.45) is 11.3 Å². The summed E-state index contributed by atoms with van der Waals surface area (Å²) < 4.78 is 17.6. The molecule has 0 aromatic carbocycles. The highest BCUT2D eigenvalue weighted by molar-refractivity contribution is 5.87. The Kier molecular flexibility index (Phi) is 3.51. The third-order valence-corrected chi connectivity index (χ3v) is 7.06. The van der Waals surface area contributed by atoms with Crippen LogP contribution in [0.15, 0.2) is 22.3 Å². The number of esters is 1. The minimum atomic E-state index is -0.695. The molecule has 136 valence electrons. The van der Waals surface area contributed by atoms with E-state index in [0.29, 0.717) is 18.4 Å². The number of aryl methyl sites for hydroxylation is 1. The highest BCUT2D eigenvalue weighted by Crippen LogP contribution is 2.69. The lowest BCUT2D eigenvalue weighted by Gasteiger charge is -2.51. The van der Waals surface area contributed by atoms with E-state index < -0.39 is 17.1 Å². The molecule has 25 heavy (non-hydrogen) atoms. The van der Waals surface area contributed by atoms with Gasteiger partial charge in [0.25, 0.3) is 0 Å².